The van der Waals surface area contributed by atoms with E-state index < -0.39 is 9.84 Å². The lowest BCUT2D eigenvalue weighted by Crippen LogP contribution is -2.44. The Morgan fingerprint density at radius 2 is 2.00 bits per heavy atom. The zero-order valence-electron chi connectivity index (χ0n) is 13.1. The Kier molecular flexibility index (Phi) is 5.07. The summed E-state index contributed by atoms with van der Waals surface area (Å²) in [7, 11) is -3.22. The summed E-state index contributed by atoms with van der Waals surface area (Å²) in [5, 5.41) is 7.86. The van der Waals surface area contributed by atoms with E-state index >= 15 is 0 Å². The summed E-state index contributed by atoms with van der Waals surface area (Å²) in [5.41, 5.74) is 0. The fourth-order valence-electron chi connectivity index (χ4n) is 3.09. The van der Waals surface area contributed by atoms with Crippen LogP contribution in [0.5, 0.6) is 0 Å². The molecule has 2 heterocycles. The predicted octanol–water partition coefficient (Wildman–Crippen LogP) is 1.61. The van der Waals surface area contributed by atoms with E-state index in [0.717, 1.165) is 25.9 Å². The summed E-state index contributed by atoms with van der Waals surface area (Å²) in [6.45, 7) is 2.28. The van der Waals surface area contributed by atoms with E-state index in [4.69, 9.17) is 0 Å². The van der Waals surface area contributed by atoms with Gasteiger partial charge in [-0.1, -0.05) is 29.8 Å². The Morgan fingerprint density at radius 1 is 1.17 bits per heavy atom. The fourth-order valence-corrected chi connectivity index (χ4v) is 4.37. The maximum Gasteiger partial charge on any atom is 0.179 e. The van der Waals surface area contributed by atoms with Gasteiger partial charge in [0.1, 0.15) is 0 Å². The SMILES string of the molecule is O=S(=O)(CCN1CCCC[C@H]1Cn1ccnn1)c1ccccc1. The molecule has 0 bridgehead atoms. The zero-order chi connectivity index (χ0) is 16.1. The molecule has 124 valence electrons. The molecule has 1 aromatic heterocycles. The van der Waals surface area contributed by atoms with Gasteiger partial charge in [-0.25, -0.2) is 8.42 Å². The summed E-state index contributed by atoms with van der Waals surface area (Å²) in [4.78, 5) is 2.69. The molecule has 0 amide bonds. The first kappa shape index (κ1) is 16.1. The molecule has 6 nitrogen and oxygen atoms in total. The average molecular weight is 334 g/mol. The van der Waals surface area contributed by atoms with Crippen LogP contribution in [-0.4, -0.2) is 53.2 Å². The van der Waals surface area contributed by atoms with Gasteiger partial charge in [0.25, 0.3) is 0 Å². The molecule has 23 heavy (non-hydrogen) atoms. The van der Waals surface area contributed by atoms with Crippen molar-refractivity contribution in [1.82, 2.24) is 19.9 Å². The molecule has 0 N–H and O–H groups in total. The number of piperidine rings is 1. The number of likely N-dealkylation sites (tertiary alicyclic amines) is 1. The van der Waals surface area contributed by atoms with Crippen LogP contribution in [0.4, 0.5) is 0 Å². The second kappa shape index (κ2) is 7.23. The number of benzene rings is 1. The van der Waals surface area contributed by atoms with Gasteiger partial charge in [-0.2, -0.15) is 0 Å². The molecule has 0 spiro atoms. The summed E-state index contributed by atoms with van der Waals surface area (Å²) in [6.07, 6.45) is 6.91. The molecule has 0 saturated carbocycles. The first-order valence-corrected chi connectivity index (χ1v) is 9.66. The van der Waals surface area contributed by atoms with Gasteiger partial charge in [0.05, 0.1) is 23.4 Å². The van der Waals surface area contributed by atoms with Crippen molar-refractivity contribution in [1.29, 1.82) is 0 Å². The number of sulfone groups is 1. The molecule has 1 atom stereocenters. The van der Waals surface area contributed by atoms with Gasteiger partial charge in [-0.05, 0) is 31.5 Å². The van der Waals surface area contributed by atoms with E-state index in [1.165, 1.54) is 6.42 Å². The summed E-state index contributed by atoms with van der Waals surface area (Å²) < 4.78 is 26.7. The molecule has 7 heteroatoms. The molecule has 3 rings (SSSR count). The Morgan fingerprint density at radius 3 is 2.74 bits per heavy atom. The van der Waals surface area contributed by atoms with Crippen LogP contribution in [0.1, 0.15) is 19.3 Å². The van der Waals surface area contributed by atoms with Gasteiger partial charge in [0.2, 0.25) is 0 Å². The van der Waals surface area contributed by atoms with E-state index in [2.05, 4.69) is 15.2 Å². The lowest BCUT2D eigenvalue weighted by atomic mass is 10.0. The minimum atomic E-state index is -3.22. The third-order valence-electron chi connectivity index (χ3n) is 4.37. The first-order chi connectivity index (χ1) is 11.1. The molecule has 1 aliphatic rings. The van der Waals surface area contributed by atoms with E-state index in [-0.39, 0.29) is 5.75 Å². The van der Waals surface area contributed by atoms with Gasteiger partial charge in [0.15, 0.2) is 9.84 Å². The monoisotopic (exact) mass is 334 g/mol. The predicted molar refractivity (Wildman–Crippen MR) is 87.7 cm³/mol. The van der Waals surface area contributed by atoms with E-state index in [1.807, 2.05) is 16.9 Å². The third-order valence-corrected chi connectivity index (χ3v) is 6.08. The highest BCUT2D eigenvalue weighted by Gasteiger charge is 2.25. The number of hydrogen-bond acceptors (Lipinski definition) is 5. The van der Waals surface area contributed by atoms with Crippen LogP contribution < -0.4 is 0 Å². The van der Waals surface area contributed by atoms with Crippen molar-refractivity contribution < 1.29 is 8.42 Å². The molecule has 0 aliphatic carbocycles. The van der Waals surface area contributed by atoms with Crippen molar-refractivity contribution in [3.05, 3.63) is 42.7 Å². The highest BCUT2D eigenvalue weighted by Crippen LogP contribution is 2.19. The molecule has 1 fully saturated rings. The summed E-state index contributed by atoms with van der Waals surface area (Å²) in [5.74, 6) is 0.158. The Hall–Kier alpha value is -1.73. The minimum Gasteiger partial charge on any atom is -0.298 e. The maximum atomic E-state index is 12.4. The van der Waals surface area contributed by atoms with Gasteiger partial charge in [0, 0.05) is 18.8 Å². The molecular weight excluding hydrogens is 312 g/mol. The second-order valence-electron chi connectivity index (χ2n) is 5.94. The fraction of sp³-hybridized carbons (Fsp3) is 0.500. The van der Waals surface area contributed by atoms with E-state index in [9.17, 15) is 8.42 Å². The van der Waals surface area contributed by atoms with Crippen LogP contribution in [0, 0.1) is 0 Å². The van der Waals surface area contributed by atoms with Crippen molar-refractivity contribution in [3.8, 4) is 0 Å². The number of aromatic nitrogens is 3. The average Bonchev–Trinajstić information content (AvgIpc) is 3.08. The zero-order valence-corrected chi connectivity index (χ0v) is 13.9. The standard InChI is InChI=1S/C16H22N4O2S/c21-23(22,16-7-2-1-3-8-16)13-12-19-10-5-4-6-15(19)14-20-11-9-17-18-20/h1-3,7-9,11,15H,4-6,10,12-14H2/t15-/m0/s1. The smallest absolute Gasteiger partial charge is 0.179 e. The van der Waals surface area contributed by atoms with Crippen LogP contribution in [0.25, 0.3) is 0 Å². The summed E-state index contributed by atoms with van der Waals surface area (Å²) in [6, 6.07) is 9.02. The topological polar surface area (TPSA) is 68.1 Å². The van der Waals surface area contributed by atoms with Gasteiger partial charge >= 0.3 is 0 Å². The van der Waals surface area contributed by atoms with Gasteiger partial charge in [-0.3, -0.25) is 9.58 Å². The van der Waals surface area contributed by atoms with Crippen LogP contribution in [-0.2, 0) is 16.4 Å². The molecule has 1 aliphatic heterocycles. The Balaban J connectivity index is 1.63. The van der Waals surface area contributed by atoms with Crippen molar-refractivity contribution >= 4 is 9.84 Å². The quantitative estimate of drug-likeness (QED) is 0.803. The van der Waals surface area contributed by atoms with Gasteiger partial charge < -0.3 is 0 Å². The minimum absolute atomic E-state index is 0.158. The van der Waals surface area contributed by atoms with Crippen LogP contribution in [0.3, 0.4) is 0 Å². The van der Waals surface area contributed by atoms with Gasteiger partial charge in [-0.15, -0.1) is 5.10 Å². The second-order valence-corrected chi connectivity index (χ2v) is 8.05. The molecule has 0 radical (unpaired) electrons. The van der Waals surface area contributed by atoms with Crippen LogP contribution in [0.2, 0.25) is 0 Å². The van der Waals surface area contributed by atoms with Crippen molar-refractivity contribution in [2.45, 2.75) is 36.7 Å². The van der Waals surface area contributed by atoms with E-state index in [0.29, 0.717) is 17.5 Å². The highest BCUT2D eigenvalue weighted by molar-refractivity contribution is 7.91. The molecular formula is C16H22N4O2S. The molecule has 1 saturated heterocycles. The lowest BCUT2D eigenvalue weighted by molar-refractivity contribution is 0.137. The Labute approximate surface area is 137 Å². The molecule has 1 aromatic carbocycles. The van der Waals surface area contributed by atoms with E-state index in [1.54, 1.807) is 30.5 Å². The van der Waals surface area contributed by atoms with Crippen molar-refractivity contribution in [3.63, 3.8) is 0 Å². The van der Waals surface area contributed by atoms with Crippen LogP contribution in [0.15, 0.2) is 47.6 Å². The summed E-state index contributed by atoms with van der Waals surface area (Å²) >= 11 is 0. The normalized spacial score (nSPS) is 19.7. The lowest BCUT2D eigenvalue weighted by Gasteiger charge is -2.35. The van der Waals surface area contributed by atoms with Crippen molar-refractivity contribution in [2.24, 2.45) is 0 Å². The van der Waals surface area contributed by atoms with Crippen LogP contribution >= 0.6 is 0 Å². The highest BCUT2D eigenvalue weighted by atomic mass is 32.2. The number of rotatable bonds is 6. The number of hydrogen-bond donors (Lipinski definition) is 0. The van der Waals surface area contributed by atoms with Crippen molar-refractivity contribution in [2.75, 3.05) is 18.8 Å². The Bertz CT molecular complexity index is 701. The first-order valence-electron chi connectivity index (χ1n) is 8.01. The molecule has 2 aromatic rings. The molecule has 0 unspecified atom stereocenters. The number of nitrogens with zero attached hydrogens (tertiary/aromatic N) is 4. The maximum absolute atomic E-state index is 12.4. The third kappa shape index (κ3) is 4.17. The largest absolute Gasteiger partial charge is 0.298 e.